The van der Waals surface area contributed by atoms with Gasteiger partial charge in [-0.25, -0.2) is 13.1 Å². The van der Waals surface area contributed by atoms with Crippen LogP contribution in [0.5, 0.6) is 0 Å². The Hall–Kier alpha value is -1.74. The summed E-state index contributed by atoms with van der Waals surface area (Å²) >= 11 is 1.60. The molecule has 8 heteroatoms. The molecular weight excluding hydrogens is 370 g/mol. The summed E-state index contributed by atoms with van der Waals surface area (Å²) in [4.78, 5) is 13.6. The number of nitrogens with one attached hydrogen (secondary N) is 3. The highest BCUT2D eigenvalue weighted by Gasteiger charge is 2.18. The quantitative estimate of drug-likeness (QED) is 0.669. The Morgan fingerprint density at radius 1 is 1.23 bits per heavy atom. The van der Waals surface area contributed by atoms with Gasteiger partial charge in [0.05, 0.1) is 4.90 Å². The van der Waals surface area contributed by atoms with Crippen molar-refractivity contribution in [2.45, 2.75) is 30.2 Å². The molecule has 1 aromatic carbocycles. The first-order chi connectivity index (χ1) is 12.5. The summed E-state index contributed by atoms with van der Waals surface area (Å²) in [7, 11) is -3.57. The number of benzene rings is 1. The number of piperidine rings is 1. The Morgan fingerprint density at radius 3 is 2.69 bits per heavy atom. The van der Waals surface area contributed by atoms with E-state index < -0.39 is 10.0 Å². The summed E-state index contributed by atoms with van der Waals surface area (Å²) in [5.41, 5.74) is 0.466. The maximum Gasteiger partial charge on any atom is 0.251 e. The predicted octanol–water partition coefficient (Wildman–Crippen LogP) is 1.75. The van der Waals surface area contributed by atoms with Gasteiger partial charge in [-0.15, -0.1) is 11.3 Å². The number of sulfonamides is 1. The molecule has 6 nitrogen and oxygen atoms in total. The van der Waals surface area contributed by atoms with Gasteiger partial charge in [-0.05, 0) is 61.5 Å². The van der Waals surface area contributed by atoms with Crippen LogP contribution in [0.1, 0.15) is 28.1 Å². The molecule has 0 spiro atoms. The van der Waals surface area contributed by atoms with Crippen molar-refractivity contribution in [3.8, 4) is 0 Å². The van der Waals surface area contributed by atoms with Gasteiger partial charge in [-0.2, -0.15) is 0 Å². The van der Waals surface area contributed by atoms with Gasteiger partial charge in [0, 0.05) is 29.6 Å². The third kappa shape index (κ3) is 5.14. The highest BCUT2D eigenvalue weighted by Crippen LogP contribution is 2.13. The van der Waals surface area contributed by atoms with Crippen LogP contribution < -0.4 is 15.4 Å². The molecule has 1 aliphatic heterocycles. The smallest absolute Gasteiger partial charge is 0.251 e. The molecule has 140 valence electrons. The van der Waals surface area contributed by atoms with E-state index >= 15 is 0 Å². The van der Waals surface area contributed by atoms with Crippen molar-refractivity contribution in [1.82, 2.24) is 15.4 Å². The number of amides is 1. The lowest BCUT2D eigenvalue weighted by Gasteiger charge is -2.23. The summed E-state index contributed by atoms with van der Waals surface area (Å²) in [5, 5.41) is 8.20. The zero-order valence-electron chi connectivity index (χ0n) is 14.4. The fourth-order valence-corrected chi connectivity index (χ4v) is 4.62. The predicted molar refractivity (Wildman–Crippen MR) is 103 cm³/mol. The maximum atomic E-state index is 12.3. The third-order valence-corrected chi connectivity index (χ3v) is 6.72. The van der Waals surface area contributed by atoms with Gasteiger partial charge in [0.15, 0.2) is 0 Å². The SMILES string of the molecule is O=C(NC1CCCNC1)c1ccc(S(=O)(=O)NCCc2cccs2)cc1. The van der Waals surface area contributed by atoms with Crippen LogP contribution >= 0.6 is 11.3 Å². The summed E-state index contributed by atoms with van der Waals surface area (Å²) in [5.74, 6) is -0.173. The Balaban J connectivity index is 1.56. The number of rotatable bonds is 7. The molecule has 26 heavy (non-hydrogen) atoms. The van der Waals surface area contributed by atoms with Gasteiger partial charge >= 0.3 is 0 Å². The second-order valence-corrected chi connectivity index (χ2v) is 9.07. The van der Waals surface area contributed by atoms with E-state index in [2.05, 4.69) is 15.4 Å². The number of thiophene rings is 1. The monoisotopic (exact) mass is 393 g/mol. The standard InChI is InChI=1S/C18H23N3O3S2/c22-18(21-15-3-1-10-19-13-15)14-5-7-17(8-6-14)26(23,24)20-11-9-16-4-2-12-25-16/h2,4-8,12,15,19-20H,1,3,9-11,13H2,(H,21,22). The van der Waals surface area contributed by atoms with Crippen molar-refractivity contribution >= 4 is 27.3 Å². The normalized spacial score (nSPS) is 17.8. The fraction of sp³-hybridized carbons (Fsp3) is 0.389. The van der Waals surface area contributed by atoms with Crippen LogP contribution in [0.4, 0.5) is 0 Å². The third-order valence-electron chi connectivity index (χ3n) is 4.30. The van der Waals surface area contributed by atoms with E-state index in [1.54, 1.807) is 23.5 Å². The number of hydrogen-bond donors (Lipinski definition) is 3. The van der Waals surface area contributed by atoms with Crippen LogP contribution in [0.2, 0.25) is 0 Å². The lowest BCUT2D eigenvalue weighted by atomic mass is 10.1. The van der Waals surface area contributed by atoms with E-state index in [1.807, 2.05) is 17.5 Å². The van der Waals surface area contributed by atoms with Crippen LogP contribution in [0.25, 0.3) is 0 Å². The van der Waals surface area contributed by atoms with Crippen molar-refractivity contribution < 1.29 is 13.2 Å². The van der Waals surface area contributed by atoms with Crippen LogP contribution in [0, 0.1) is 0 Å². The summed E-state index contributed by atoms with van der Waals surface area (Å²) in [6.07, 6.45) is 2.66. The van der Waals surface area contributed by atoms with E-state index in [9.17, 15) is 13.2 Å². The molecule has 2 heterocycles. The van der Waals surface area contributed by atoms with Crippen LogP contribution in [-0.2, 0) is 16.4 Å². The topological polar surface area (TPSA) is 87.3 Å². The molecule has 3 N–H and O–H groups in total. The average molecular weight is 394 g/mol. The molecule has 1 fully saturated rings. The lowest BCUT2D eigenvalue weighted by molar-refractivity contribution is 0.0930. The average Bonchev–Trinajstić information content (AvgIpc) is 3.16. The first-order valence-electron chi connectivity index (χ1n) is 8.68. The molecule has 1 amide bonds. The van der Waals surface area contributed by atoms with E-state index in [0.29, 0.717) is 18.5 Å². The molecule has 2 aromatic rings. The van der Waals surface area contributed by atoms with Gasteiger partial charge in [0.2, 0.25) is 10.0 Å². The highest BCUT2D eigenvalue weighted by atomic mass is 32.2. The summed E-state index contributed by atoms with van der Waals surface area (Å²) < 4.78 is 27.3. The van der Waals surface area contributed by atoms with Crippen LogP contribution in [-0.4, -0.2) is 40.0 Å². The molecule has 1 aliphatic rings. The first-order valence-corrected chi connectivity index (χ1v) is 11.0. The van der Waals surface area contributed by atoms with Gasteiger partial charge in [0.1, 0.15) is 0 Å². The van der Waals surface area contributed by atoms with Gasteiger partial charge in [0.25, 0.3) is 5.91 Å². The second-order valence-electron chi connectivity index (χ2n) is 6.27. The first kappa shape index (κ1) is 19.0. The fourth-order valence-electron chi connectivity index (χ4n) is 2.88. The Kier molecular flexibility index (Phi) is 6.42. The number of carbonyl (C=O) groups is 1. The number of hydrogen-bond acceptors (Lipinski definition) is 5. The zero-order chi connectivity index (χ0) is 18.4. The Morgan fingerprint density at radius 2 is 2.04 bits per heavy atom. The number of carbonyl (C=O) groups excluding carboxylic acids is 1. The summed E-state index contributed by atoms with van der Waals surface area (Å²) in [6.45, 7) is 2.10. The van der Waals surface area contributed by atoms with Gasteiger partial charge in [-0.3, -0.25) is 4.79 Å². The van der Waals surface area contributed by atoms with E-state index in [-0.39, 0.29) is 16.8 Å². The lowest BCUT2D eigenvalue weighted by Crippen LogP contribution is -2.45. The van der Waals surface area contributed by atoms with Gasteiger partial charge < -0.3 is 10.6 Å². The zero-order valence-corrected chi connectivity index (χ0v) is 16.0. The minimum Gasteiger partial charge on any atom is -0.348 e. The van der Waals surface area contributed by atoms with Gasteiger partial charge in [-0.1, -0.05) is 6.07 Å². The summed E-state index contributed by atoms with van der Waals surface area (Å²) in [6, 6.07) is 10.1. The minimum atomic E-state index is -3.57. The van der Waals surface area contributed by atoms with Crippen molar-refractivity contribution in [2.24, 2.45) is 0 Å². The Bertz CT molecular complexity index is 812. The molecule has 1 atom stereocenters. The largest absolute Gasteiger partial charge is 0.348 e. The molecule has 3 rings (SSSR count). The van der Waals surface area contributed by atoms with Crippen molar-refractivity contribution in [3.63, 3.8) is 0 Å². The Labute approximate surface area is 158 Å². The molecule has 0 saturated carbocycles. The minimum absolute atomic E-state index is 0.124. The molecule has 0 bridgehead atoms. The molecule has 0 radical (unpaired) electrons. The van der Waals surface area contributed by atoms with Crippen molar-refractivity contribution in [3.05, 3.63) is 52.2 Å². The molecule has 1 saturated heterocycles. The van der Waals surface area contributed by atoms with E-state index in [4.69, 9.17) is 0 Å². The molecule has 0 aliphatic carbocycles. The molecular formula is C18H23N3O3S2. The molecule has 1 aromatic heterocycles. The van der Waals surface area contributed by atoms with Crippen LogP contribution in [0.3, 0.4) is 0 Å². The second kappa shape index (κ2) is 8.77. The highest BCUT2D eigenvalue weighted by molar-refractivity contribution is 7.89. The van der Waals surface area contributed by atoms with Crippen molar-refractivity contribution in [2.75, 3.05) is 19.6 Å². The van der Waals surface area contributed by atoms with E-state index in [0.717, 1.165) is 30.8 Å². The van der Waals surface area contributed by atoms with Crippen LogP contribution in [0.15, 0.2) is 46.7 Å². The maximum absolute atomic E-state index is 12.3. The van der Waals surface area contributed by atoms with E-state index in [1.165, 1.54) is 12.1 Å². The molecule has 1 unspecified atom stereocenters. The van der Waals surface area contributed by atoms with Crippen molar-refractivity contribution in [1.29, 1.82) is 0 Å².